The van der Waals surface area contributed by atoms with Crippen molar-refractivity contribution in [2.45, 2.75) is 74.7 Å². The summed E-state index contributed by atoms with van der Waals surface area (Å²) in [5, 5.41) is 19.0. The molecule has 0 radical (unpaired) electrons. The van der Waals surface area contributed by atoms with Crippen LogP contribution in [0.1, 0.15) is 89.7 Å². The van der Waals surface area contributed by atoms with Crippen molar-refractivity contribution in [3.05, 3.63) is 405 Å². The second-order valence-electron chi connectivity index (χ2n) is 27.9. The Kier molecular flexibility index (Phi) is 21.4. The summed E-state index contributed by atoms with van der Waals surface area (Å²) in [6.45, 7) is 18.0. The molecule has 0 aromatic heterocycles. The van der Waals surface area contributed by atoms with E-state index in [0.717, 1.165) is 0 Å². The topological polar surface area (TPSA) is 69.2 Å². The van der Waals surface area contributed by atoms with Gasteiger partial charge in [0.2, 0.25) is 0 Å². The van der Waals surface area contributed by atoms with Gasteiger partial charge in [-0.05, 0) is 0 Å². The Morgan fingerprint density at radius 2 is 0.514 bits per heavy atom. The molecule has 0 saturated carbocycles. The molecule has 2 aliphatic carbocycles. The molecule has 0 heterocycles. The van der Waals surface area contributed by atoms with Gasteiger partial charge in [-0.1, -0.05) is 0 Å². The Morgan fingerprint density at radius 3 is 0.790 bits per heavy atom. The van der Waals surface area contributed by atoms with Gasteiger partial charge in [0, 0.05) is 0 Å². The van der Waals surface area contributed by atoms with E-state index in [4.69, 9.17) is 14.0 Å². The van der Waals surface area contributed by atoms with E-state index in [1.807, 2.05) is 0 Å². The van der Waals surface area contributed by atoms with Gasteiger partial charge in [0.25, 0.3) is 0 Å². The van der Waals surface area contributed by atoms with Crippen molar-refractivity contribution in [1.29, 1.82) is 0 Å². The molecule has 0 aliphatic heterocycles. The van der Waals surface area contributed by atoms with E-state index in [0.29, 0.717) is 0 Å². The summed E-state index contributed by atoms with van der Waals surface area (Å²) in [5.41, 5.74) is 18.4. The maximum absolute atomic E-state index is 8.41. The second-order valence-corrected chi connectivity index (χ2v) is 41.9. The van der Waals surface area contributed by atoms with Crippen molar-refractivity contribution in [3.8, 4) is 0 Å². The predicted octanol–water partition coefficient (Wildman–Crippen LogP) is 17.2. The zero-order valence-electron chi connectivity index (χ0n) is 60.2. The van der Waals surface area contributed by atoms with E-state index in [-0.39, 0.29) is 11.8 Å². The van der Waals surface area contributed by atoms with Gasteiger partial charge in [0.1, 0.15) is 0 Å². The molecule has 4 unspecified atom stereocenters. The molecule has 9 heteroatoms. The molecule has 105 heavy (non-hydrogen) atoms. The number of rotatable bonds is 16. The van der Waals surface area contributed by atoms with Crippen LogP contribution in [0.3, 0.4) is 0 Å². The van der Waals surface area contributed by atoms with E-state index in [1.54, 1.807) is 0 Å². The van der Waals surface area contributed by atoms with Crippen molar-refractivity contribution < 1.29 is 41.9 Å². The van der Waals surface area contributed by atoms with Crippen LogP contribution in [-0.2, 0) is 17.1 Å². The Balaban J connectivity index is 0.00000216. The first kappa shape index (κ1) is 72.2. The third kappa shape index (κ3) is 14.6. The first-order valence-corrected chi connectivity index (χ1v) is 43.7. The fraction of sp³-hybridized carbons (Fsp3) is 0.125. The molecule has 14 aromatic carbocycles. The molecule has 2 aliphatic rings. The number of hydrogen-bond donors (Lipinski definition) is 0. The zero-order valence-corrected chi connectivity index (χ0v) is 66.2. The molecular formula is C96H82ClO3P4Rh. The summed E-state index contributed by atoms with van der Waals surface area (Å²) in [7, 11) is -7.88. The minimum absolute atomic E-state index is 0.178. The third-order valence-electron chi connectivity index (χ3n) is 20.6. The Hall–Kier alpha value is -8.41. The average Bonchev–Trinajstić information content (AvgIpc) is 0.688. The fourth-order valence-electron chi connectivity index (χ4n) is 15.5. The summed E-state index contributed by atoms with van der Waals surface area (Å²) >= 11 is -0.556. The standard InChI is InChI=1S/2C48H41P2.ClO3.Rh/c2*1-33-13-23-39(24-14-33)49(40-25-15-34(2)16-26-40)45-31-21-37-9-5-7-11-43(37)47(45)48-44-12-8-6-10-38(44)22-32-46(48)50(41-27-17-35(3)18-28-41)42-29-19-36(4)20-30-42;2-1(3)4;/h2*5-32,47H,1-4H3;;/q;;-1;+1. The number of halogens is 1. The smallest absolute Gasteiger partial charge is 0.0695 e. The zero-order chi connectivity index (χ0) is 72.5. The van der Waals surface area contributed by atoms with Crippen molar-refractivity contribution in [3.63, 3.8) is 0 Å². The third-order valence-corrected chi connectivity index (χ3v) is 36.9. The van der Waals surface area contributed by atoms with Crippen LogP contribution in [-0.4, -0.2) is 7.50 Å². The van der Waals surface area contributed by atoms with Crippen LogP contribution in [0.2, 0.25) is 0 Å². The van der Waals surface area contributed by atoms with Gasteiger partial charge in [-0.3, -0.25) is 0 Å². The van der Waals surface area contributed by atoms with Crippen LogP contribution in [0.4, 0.5) is 0 Å². The molecule has 0 N–H and O–H groups in total. The van der Waals surface area contributed by atoms with Crippen LogP contribution in [0.15, 0.2) is 328 Å². The predicted molar refractivity (Wildman–Crippen MR) is 441 cm³/mol. The molecule has 0 amide bonds. The van der Waals surface area contributed by atoms with Crippen LogP contribution in [0.25, 0.3) is 33.7 Å². The van der Waals surface area contributed by atoms with Crippen LogP contribution in [0.5, 0.6) is 0 Å². The largest absolute Gasteiger partial charge is 0.357 e. The van der Waals surface area contributed by atoms with Gasteiger partial charge in [0.05, 0.1) is 10.8 Å². The van der Waals surface area contributed by atoms with Crippen LogP contribution in [0, 0.1) is 66.2 Å². The normalized spacial score (nSPS) is 16.8. The van der Waals surface area contributed by atoms with Gasteiger partial charge in [-0.25, -0.2) is 0 Å². The Morgan fingerprint density at radius 1 is 0.276 bits per heavy atom. The number of allylic oxidation sites excluding steroid dienone is 2. The minimum Gasteiger partial charge on any atom is -0.357 e. The van der Waals surface area contributed by atoms with Gasteiger partial charge >= 0.3 is 616 Å². The molecule has 0 bridgehead atoms. The summed E-state index contributed by atoms with van der Waals surface area (Å²) in [4.78, 5) is 0. The molecule has 0 saturated heterocycles. The monoisotopic (exact) mass is 1540 g/mol. The molecule has 14 aromatic rings. The van der Waals surface area contributed by atoms with Crippen molar-refractivity contribution in [2.75, 3.05) is 0 Å². The van der Waals surface area contributed by atoms with Crippen molar-refractivity contribution in [1.82, 2.24) is 0 Å². The van der Waals surface area contributed by atoms with Gasteiger partial charge in [-0.15, -0.1) is 0 Å². The first-order chi connectivity index (χ1) is 51.0. The van der Waals surface area contributed by atoms with Gasteiger partial charge in [-0.2, -0.15) is 0 Å². The molecule has 0 fully saturated rings. The minimum atomic E-state index is -2.85. The summed E-state index contributed by atoms with van der Waals surface area (Å²) in [6, 6.07) is 126. The first-order valence-electron chi connectivity index (χ1n) is 35.7. The molecule has 0 spiro atoms. The van der Waals surface area contributed by atoms with Crippen LogP contribution >= 0.6 is 31.7 Å². The molecule has 16 rings (SSSR count). The Bertz CT molecular complexity index is 4970. The van der Waals surface area contributed by atoms with Crippen molar-refractivity contribution >= 4 is 118 Å². The van der Waals surface area contributed by atoms with Crippen molar-refractivity contribution in [2.24, 2.45) is 0 Å². The maximum Gasteiger partial charge on any atom is 0.0695 e. The summed E-state index contributed by atoms with van der Waals surface area (Å²) < 4.78 is 24.0. The Labute approximate surface area is 635 Å². The fourth-order valence-corrected chi connectivity index (χ4v) is 34.5. The van der Waals surface area contributed by atoms with Gasteiger partial charge < -0.3 is 14.0 Å². The number of aryl methyl sites for hydroxylation is 8. The number of benzene rings is 14. The molecule has 4 atom stereocenters. The molecular weight excluding hydrogens is 1460 g/mol. The van der Waals surface area contributed by atoms with E-state index in [1.165, 1.54) is 152 Å². The van der Waals surface area contributed by atoms with Crippen LogP contribution < -0.4 is 67.0 Å². The quantitative estimate of drug-likeness (QED) is 0.0715. The second kappa shape index (κ2) is 31.2. The van der Waals surface area contributed by atoms with E-state index < -0.39 is 67.1 Å². The van der Waals surface area contributed by atoms with Gasteiger partial charge in [0.15, 0.2) is 0 Å². The van der Waals surface area contributed by atoms with E-state index in [9.17, 15) is 0 Å². The van der Waals surface area contributed by atoms with E-state index in [2.05, 4.69) is 395 Å². The number of fused-ring (bicyclic) bond motifs is 4. The SMILES string of the molecule is Cc1ccc(P(c2ccc(C)cc2)c2ccc3ccccc3c2C2c3ccccc3C=C[C]2([Rh+][C]2(P(c3ccc(C)cc3)c3ccc(C)cc3)C=Cc3ccccc3C2c2c(P(c3ccc(C)cc3)c3ccc(C)cc3)ccc3ccccc23)P(c2ccc(C)cc2)c2ccc(C)cc2)cc1.[O-][Cl+2]([O-])[O-]. The van der Waals surface area contributed by atoms with E-state index >= 15 is 0 Å². The average molecular weight is 1550 g/mol. The molecule has 520 valence electrons. The summed E-state index contributed by atoms with van der Waals surface area (Å²) in [6.07, 6.45) is 11.0. The number of hydrogen-bond acceptors (Lipinski definition) is 3. The molecule has 3 nitrogen and oxygen atoms in total. The summed E-state index contributed by atoms with van der Waals surface area (Å²) in [5.74, 6) is -0.355. The maximum atomic E-state index is 8.41.